The second kappa shape index (κ2) is 7.18. The number of aromatic nitrogens is 2. The molecule has 0 radical (unpaired) electrons. The first-order valence-corrected chi connectivity index (χ1v) is 9.25. The quantitative estimate of drug-likeness (QED) is 0.774. The number of carbonyl (C=O) groups is 2. The Labute approximate surface area is 164 Å². The van der Waals surface area contributed by atoms with Crippen LogP contribution in [0.25, 0.3) is 0 Å². The third kappa shape index (κ3) is 4.11. The highest BCUT2D eigenvalue weighted by Gasteiger charge is 2.31. The smallest absolute Gasteiger partial charge is 0.410 e. The molecular formula is C20H27N5O3. The van der Waals surface area contributed by atoms with Gasteiger partial charge in [0.2, 0.25) is 0 Å². The fourth-order valence-corrected chi connectivity index (χ4v) is 3.23. The average Bonchev–Trinajstić information content (AvgIpc) is 2.92. The van der Waals surface area contributed by atoms with Crippen molar-refractivity contribution < 1.29 is 14.3 Å². The third-order valence-corrected chi connectivity index (χ3v) is 4.56. The van der Waals surface area contributed by atoms with Crippen LogP contribution in [0.1, 0.15) is 48.1 Å². The molecule has 0 saturated carbocycles. The molecule has 1 aromatic carbocycles. The number of hydrogen-bond donors (Lipinski definition) is 2. The summed E-state index contributed by atoms with van der Waals surface area (Å²) in [5, 5.41) is 7.21. The number of aryl methyl sites for hydroxylation is 2. The van der Waals surface area contributed by atoms with Gasteiger partial charge in [-0.3, -0.25) is 9.48 Å². The molecular weight excluding hydrogens is 358 g/mol. The van der Waals surface area contributed by atoms with Gasteiger partial charge < -0.3 is 20.7 Å². The minimum atomic E-state index is -0.574. The molecule has 0 fully saturated rings. The second-order valence-electron chi connectivity index (χ2n) is 8.09. The second-order valence-corrected chi connectivity index (χ2v) is 8.09. The van der Waals surface area contributed by atoms with Gasteiger partial charge in [0, 0.05) is 31.3 Å². The van der Waals surface area contributed by atoms with Crippen LogP contribution in [0.3, 0.4) is 0 Å². The van der Waals surface area contributed by atoms with E-state index in [0.717, 1.165) is 16.8 Å². The number of nitrogens with one attached hydrogen (secondary N) is 1. The highest BCUT2D eigenvalue weighted by molar-refractivity contribution is 6.05. The molecule has 150 valence electrons. The molecule has 8 nitrogen and oxygen atoms in total. The van der Waals surface area contributed by atoms with Crippen LogP contribution >= 0.6 is 0 Å². The third-order valence-electron chi connectivity index (χ3n) is 4.56. The average molecular weight is 385 g/mol. The Morgan fingerprint density at radius 2 is 2.00 bits per heavy atom. The number of ether oxygens (including phenoxy) is 1. The van der Waals surface area contributed by atoms with Gasteiger partial charge in [0.05, 0.1) is 17.9 Å². The first-order valence-electron chi connectivity index (χ1n) is 9.25. The van der Waals surface area contributed by atoms with Gasteiger partial charge >= 0.3 is 6.09 Å². The van der Waals surface area contributed by atoms with Gasteiger partial charge in [-0.05, 0) is 45.4 Å². The summed E-state index contributed by atoms with van der Waals surface area (Å²) in [6.45, 7) is 8.22. The maximum absolute atomic E-state index is 12.9. The molecule has 2 heterocycles. The molecule has 2 amide bonds. The minimum Gasteiger partial charge on any atom is -0.444 e. The summed E-state index contributed by atoms with van der Waals surface area (Å²) >= 11 is 0. The van der Waals surface area contributed by atoms with Crippen LogP contribution in [0.2, 0.25) is 0 Å². The molecule has 1 aliphatic heterocycles. The van der Waals surface area contributed by atoms with E-state index >= 15 is 0 Å². The van der Waals surface area contributed by atoms with Crippen molar-refractivity contribution >= 4 is 23.4 Å². The molecule has 3 N–H and O–H groups in total. The normalized spacial score (nSPS) is 13.8. The summed E-state index contributed by atoms with van der Waals surface area (Å²) in [6, 6.07) is 5.45. The summed E-state index contributed by atoms with van der Waals surface area (Å²) in [5.41, 5.74) is 9.45. The van der Waals surface area contributed by atoms with Gasteiger partial charge in [0.1, 0.15) is 5.60 Å². The molecule has 8 heteroatoms. The van der Waals surface area contributed by atoms with Crippen molar-refractivity contribution in [3.05, 3.63) is 40.7 Å². The zero-order chi connectivity index (χ0) is 20.6. The first kappa shape index (κ1) is 19.7. The Morgan fingerprint density at radius 1 is 1.29 bits per heavy atom. The van der Waals surface area contributed by atoms with Crippen molar-refractivity contribution in [1.29, 1.82) is 0 Å². The zero-order valence-electron chi connectivity index (χ0n) is 17.0. The van der Waals surface area contributed by atoms with Crippen molar-refractivity contribution in [3.63, 3.8) is 0 Å². The fraction of sp³-hybridized carbons (Fsp3) is 0.450. The minimum absolute atomic E-state index is 0.282. The molecule has 0 unspecified atom stereocenters. The van der Waals surface area contributed by atoms with Gasteiger partial charge in [0.25, 0.3) is 5.91 Å². The van der Waals surface area contributed by atoms with Crippen molar-refractivity contribution in [3.8, 4) is 0 Å². The van der Waals surface area contributed by atoms with Crippen LogP contribution in [-0.2, 0) is 24.8 Å². The van der Waals surface area contributed by atoms with Gasteiger partial charge in [-0.1, -0.05) is 6.07 Å². The highest BCUT2D eigenvalue weighted by Crippen LogP contribution is 2.26. The molecule has 1 aromatic heterocycles. The number of fused-ring (bicyclic) bond motifs is 1. The summed E-state index contributed by atoms with van der Waals surface area (Å²) in [6.07, 6.45) is 0.217. The van der Waals surface area contributed by atoms with Crippen LogP contribution in [-0.4, -0.2) is 38.8 Å². The standard InChI is InChI=1S/C20H27N5O3/c1-12-6-7-15(14(21)10-12)22-18(26)17-13-11-25(19(27)28-20(2,3)4)9-8-16(13)24(5)23-17/h6-7,10H,8-9,11,21H2,1-5H3,(H,22,26). The molecule has 0 spiro atoms. The van der Waals surface area contributed by atoms with Gasteiger partial charge in [0.15, 0.2) is 5.69 Å². The molecule has 1 aliphatic rings. The Balaban J connectivity index is 1.83. The number of carbonyl (C=O) groups excluding carboxylic acids is 2. The van der Waals surface area contributed by atoms with E-state index in [1.54, 1.807) is 28.8 Å². The Kier molecular flexibility index (Phi) is 5.06. The topological polar surface area (TPSA) is 102 Å². The molecule has 3 rings (SSSR count). The number of nitrogens with two attached hydrogens (primary N) is 1. The summed E-state index contributed by atoms with van der Waals surface area (Å²) < 4.78 is 7.17. The van der Waals surface area contributed by atoms with Gasteiger partial charge in [-0.15, -0.1) is 0 Å². The first-order chi connectivity index (χ1) is 13.0. The lowest BCUT2D eigenvalue weighted by molar-refractivity contribution is 0.0222. The van der Waals surface area contributed by atoms with E-state index in [1.165, 1.54) is 0 Å². The molecule has 0 aliphatic carbocycles. The molecule has 28 heavy (non-hydrogen) atoms. The lowest BCUT2D eigenvalue weighted by atomic mass is 10.0. The fourth-order valence-electron chi connectivity index (χ4n) is 3.23. The lowest BCUT2D eigenvalue weighted by Gasteiger charge is -2.30. The molecule has 0 atom stereocenters. The van der Waals surface area contributed by atoms with Crippen molar-refractivity contribution in [2.75, 3.05) is 17.6 Å². The molecule has 2 aromatic rings. The number of rotatable bonds is 2. The van der Waals surface area contributed by atoms with Crippen molar-refractivity contribution in [2.45, 2.75) is 46.3 Å². The Morgan fingerprint density at radius 3 is 2.64 bits per heavy atom. The van der Waals surface area contributed by atoms with Crippen LogP contribution in [0, 0.1) is 6.92 Å². The maximum Gasteiger partial charge on any atom is 0.410 e. The number of amides is 2. The predicted octanol–water partition coefficient (Wildman–Crippen LogP) is 2.86. The van der Waals surface area contributed by atoms with E-state index in [2.05, 4.69) is 10.4 Å². The number of nitrogens with zero attached hydrogens (tertiary/aromatic N) is 3. The SMILES string of the molecule is Cc1ccc(NC(=O)c2nn(C)c3c2CN(C(=O)OC(C)(C)C)CC3)c(N)c1. The number of anilines is 2. The predicted molar refractivity (Wildman–Crippen MR) is 107 cm³/mol. The van der Waals surface area contributed by atoms with E-state index in [-0.39, 0.29) is 12.5 Å². The van der Waals surface area contributed by atoms with E-state index in [9.17, 15) is 9.59 Å². The molecule has 0 bridgehead atoms. The Hall–Kier alpha value is -3.03. The lowest BCUT2D eigenvalue weighted by Crippen LogP contribution is -2.40. The maximum atomic E-state index is 12.9. The number of hydrogen-bond acceptors (Lipinski definition) is 5. The van der Waals surface area contributed by atoms with Crippen LogP contribution < -0.4 is 11.1 Å². The van der Waals surface area contributed by atoms with E-state index in [1.807, 2.05) is 33.8 Å². The van der Waals surface area contributed by atoms with Gasteiger partial charge in [-0.2, -0.15) is 5.10 Å². The van der Waals surface area contributed by atoms with Gasteiger partial charge in [-0.25, -0.2) is 4.79 Å². The van der Waals surface area contributed by atoms with Crippen molar-refractivity contribution in [1.82, 2.24) is 14.7 Å². The van der Waals surface area contributed by atoms with E-state index in [0.29, 0.717) is 30.0 Å². The monoisotopic (exact) mass is 385 g/mol. The number of benzene rings is 1. The van der Waals surface area contributed by atoms with Crippen LogP contribution in [0.4, 0.5) is 16.2 Å². The summed E-state index contributed by atoms with van der Waals surface area (Å²) in [5.74, 6) is -0.349. The molecule has 0 saturated heterocycles. The summed E-state index contributed by atoms with van der Waals surface area (Å²) in [4.78, 5) is 26.9. The van der Waals surface area contributed by atoms with Crippen LogP contribution in [0.15, 0.2) is 18.2 Å². The van der Waals surface area contributed by atoms with E-state index < -0.39 is 11.7 Å². The largest absolute Gasteiger partial charge is 0.444 e. The summed E-state index contributed by atoms with van der Waals surface area (Å²) in [7, 11) is 1.80. The van der Waals surface area contributed by atoms with Crippen LogP contribution in [0.5, 0.6) is 0 Å². The zero-order valence-corrected chi connectivity index (χ0v) is 17.0. The highest BCUT2D eigenvalue weighted by atomic mass is 16.6. The Bertz CT molecular complexity index is 927. The van der Waals surface area contributed by atoms with E-state index in [4.69, 9.17) is 10.5 Å². The number of nitrogen functional groups attached to an aromatic ring is 1. The van der Waals surface area contributed by atoms with Crippen molar-refractivity contribution in [2.24, 2.45) is 7.05 Å².